The molecule has 3 aromatic heterocycles. The number of rotatable bonds is 6. The molecular formula is C22H24F4N8O3S. The van der Waals surface area contributed by atoms with Gasteiger partial charge in [0.2, 0.25) is 21.9 Å². The van der Waals surface area contributed by atoms with Crippen LogP contribution in [0.25, 0.3) is 27.7 Å². The maximum absolute atomic E-state index is 16.4. The zero-order valence-electron chi connectivity index (χ0n) is 20.6. The summed E-state index contributed by atoms with van der Waals surface area (Å²) in [5.41, 5.74) is 6.18. The largest absolute Gasteiger partial charge is 0.479 e. The van der Waals surface area contributed by atoms with Crippen molar-refractivity contribution in [2.24, 2.45) is 0 Å². The summed E-state index contributed by atoms with van der Waals surface area (Å²) in [5.74, 6) is -6.88. The zero-order valence-corrected chi connectivity index (χ0v) is 21.4. The SMILES string of the molecule is COc1nc(N)nn2c([C@H]3CCN(S(C)(=O)=O)CC3(F)F)c(F)c(-c3ccc4nnn(C[C@H](C)F)c4c3)c12. The van der Waals surface area contributed by atoms with E-state index in [9.17, 15) is 12.8 Å². The Hall–Kier alpha value is -3.53. The lowest BCUT2D eigenvalue weighted by Crippen LogP contribution is -2.49. The Kier molecular flexibility index (Phi) is 6.21. The van der Waals surface area contributed by atoms with Gasteiger partial charge >= 0.3 is 0 Å². The molecule has 16 heteroatoms. The molecule has 1 fully saturated rings. The van der Waals surface area contributed by atoms with Crippen LogP contribution in [0.1, 0.15) is 25.0 Å². The second kappa shape index (κ2) is 9.04. The smallest absolute Gasteiger partial charge is 0.270 e. The van der Waals surface area contributed by atoms with Crippen LogP contribution in [0.2, 0.25) is 0 Å². The number of fused-ring (bicyclic) bond motifs is 2. The molecule has 38 heavy (non-hydrogen) atoms. The maximum atomic E-state index is 16.4. The van der Waals surface area contributed by atoms with Crippen molar-refractivity contribution in [3.05, 3.63) is 29.7 Å². The standard InChI is InChI=1S/C22H24F4N8O3S/c1-11(23)9-33-15-8-12(4-5-14(15)29-31-33)16-17(24)18(34-19(16)20(37-2)28-21(27)30-34)13-6-7-32(38(3,35)36)10-22(13,25)26/h4-5,8,11,13H,6-7,9-10H2,1-3H3,(H2,27,30)/t11-,13+/m0/s1. The number of methoxy groups -OCH3 is 1. The van der Waals surface area contributed by atoms with Gasteiger partial charge in [-0.15, -0.1) is 10.2 Å². The molecule has 0 radical (unpaired) electrons. The van der Waals surface area contributed by atoms with Gasteiger partial charge in [0.1, 0.15) is 17.2 Å². The first-order valence-corrected chi connectivity index (χ1v) is 13.4. The molecule has 0 amide bonds. The van der Waals surface area contributed by atoms with E-state index >= 15 is 13.2 Å². The minimum absolute atomic E-state index is 0.0484. The van der Waals surface area contributed by atoms with E-state index in [0.717, 1.165) is 10.8 Å². The summed E-state index contributed by atoms with van der Waals surface area (Å²) in [7, 11) is -2.63. The average molecular weight is 557 g/mol. The molecule has 0 aliphatic carbocycles. The lowest BCUT2D eigenvalue weighted by Gasteiger charge is -2.36. The fourth-order valence-electron chi connectivity index (χ4n) is 4.86. The zero-order chi connectivity index (χ0) is 27.6. The highest BCUT2D eigenvalue weighted by Crippen LogP contribution is 2.46. The summed E-state index contributed by atoms with van der Waals surface area (Å²) in [4.78, 5) is 4.00. The second-order valence-electron chi connectivity index (χ2n) is 9.27. The molecule has 2 atom stereocenters. The maximum Gasteiger partial charge on any atom is 0.270 e. The van der Waals surface area contributed by atoms with Crippen molar-refractivity contribution < 1.29 is 30.7 Å². The first kappa shape index (κ1) is 26.1. The molecule has 11 nitrogen and oxygen atoms in total. The number of alkyl halides is 3. The minimum atomic E-state index is -3.89. The summed E-state index contributed by atoms with van der Waals surface area (Å²) in [6, 6.07) is 4.58. The van der Waals surface area contributed by atoms with Gasteiger partial charge < -0.3 is 10.5 Å². The van der Waals surface area contributed by atoms with Gasteiger partial charge in [0.05, 0.1) is 49.1 Å². The van der Waals surface area contributed by atoms with Crippen molar-refractivity contribution in [2.75, 3.05) is 32.2 Å². The van der Waals surface area contributed by atoms with Crippen LogP contribution in [-0.4, -0.2) is 80.9 Å². The Morgan fingerprint density at radius 1 is 1.32 bits per heavy atom. The first-order valence-electron chi connectivity index (χ1n) is 11.5. The summed E-state index contributed by atoms with van der Waals surface area (Å²) in [5, 5.41) is 12.0. The van der Waals surface area contributed by atoms with E-state index < -0.39 is 46.1 Å². The number of nitrogens with zero attached hydrogens (tertiary/aromatic N) is 7. The van der Waals surface area contributed by atoms with Crippen LogP contribution in [0.15, 0.2) is 18.2 Å². The van der Waals surface area contributed by atoms with E-state index in [1.807, 2.05) is 0 Å². The van der Waals surface area contributed by atoms with Crippen molar-refractivity contribution in [2.45, 2.75) is 37.9 Å². The van der Waals surface area contributed by atoms with E-state index in [1.165, 1.54) is 30.8 Å². The number of aromatic nitrogens is 6. The number of piperidine rings is 1. The molecule has 2 N–H and O–H groups in total. The highest BCUT2D eigenvalue weighted by molar-refractivity contribution is 7.88. The molecular weight excluding hydrogens is 532 g/mol. The van der Waals surface area contributed by atoms with Crippen molar-refractivity contribution in [1.29, 1.82) is 0 Å². The third-order valence-corrected chi connectivity index (χ3v) is 7.78. The molecule has 4 heterocycles. The molecule has 0 bridgehead atoms. The predicted octanol–water partition coefficient (Wildman–Crippen LogP) is 2.61. The van der Waals surface area contributed by atoms with Gasteiger partial charge in [-0.3, -0.25) is 0 Å². The fourth-order valence-corrected chi connectivity index (χ4v) is 5.71. The van der Waals surface area contributed by atoms with Crippen molar-refractivity contribution in [1.82, 2.24) is 33.9 Å². The van der Waals surface area contributed by atoms with Gasteiger partial charge in [-0.05, 0) is 31.0 Å². The minimum Gasteiger partial charge on any atom is -0.479 e. The van der Waals surface area contributed by atoms with E-state index in [4.69, 9.17) is 10.5 Å². The highest BCUT2D eigenvalue weighted by Gasteiger charge is 2.50. The molecule has 0 saturated carbocycles. The Labute approximate surface area is 214 Å². The molecule has 5 rings (SSSR count). The molecule has 1 aliphatic heterocycles. The van der Waals surface area contributed by atoms with E-state index in [1.54, 1.807) is 6.07 Å². The highest BCUT2D eigenvalue weighted by atomic mass is 32.2. The van der Waals surface area contributed by atoms with Crippen molar-refractivity contribution in [3.63, 3.8) is 0 Å². The number of anilines is 1. The Bertz CT molecular complexity index is 1650. The third-order valence-electron chi connectivity index (χ3n) is 6.53. The molecule has 204 valence electrons. The third kappa shape index (κ3) is 4.30. The Morgan fingerprint density at radius 3 is 2.68 bits per heavy atom. The van der Waals surface area contributed by atoms with Gasteiger partial charge in [-0.1, -0.05) is 11.3 Å². The Morgan fingerprint density at radius 2 is 2.05 bits per heavy atom. The molecule has 1 aromatic carbocycles. The number of nitrogen functional groups attached to an aromatic ring is 1. The van der Waals surface area contributed by atoms with Crippen LogP contribution in [0.3, 0.4) is 0 Å². The van der Waals surface area contributed by atoms with Gasteiger partial charge in [0.25, 0.3) is 5.92 Å². The van der Waals surface area contributed by atoms with Crippen LogP contribution in [0.4, 0.5) is 23.5 Å². The lowest BCUT2D eigenvalue weighted by atomic mass is 9.90. The molecule has 0 spiro atoms. The number of hydrogen-bond donors (Lipinski definition) is 1. The lowest BCUT2D eigenvalue weighted by molar-refractivity contribution is -0.0659. The number of nitrogens with two attached hydrogens (primary N) is 1. The van der Waals surface area contributed by atoms with E-state index in [2.05, 4.69) is 20.4 Å². The second-order valence-corrected chi connectivity index (χ2v) is 11.3. The quantitative estimate of drug-likeness (QED) is 0.359. The van der Waals surface area contributed by atoms with Gasteiger partial charge in [0, 0.05) is 6.54 Å². The van der Waals surface area contributed by atoms with E-state index in [0.29, 0.717) is 15.3 Å². The van der Waals surface area contributed by atoms with Gasteiger partial charge in [0.15, 0.2) is 5.82 Å². The van der Waals surface area contributed by atoms with Crippen molar-refractivity contribution in [3.8, 4) is 17.0 Å². The molecule has 1 aliphatic rings. The number of benzene rings is 1. The van der Waals surface area contributed by atoms with Crippen LogP contribution in [-0.2, 0) is 16.6 Å². The predicted molar refractivity (Wildman–Crippen MR) is 130 cm³/mol. The topological polar surface area (TPSA) is 134 Å². The van der Waals surface area contributed by atoms with Crippen LogP contribution < -0.4 is 10.5 Å². The van der Waals surface area contributed by atoms with Crippen molar-refractivity contribution >= 4 is 32.5 Å². The number of ether oxygens (including phenoxy) is 1. The summed E-state index contributed by atoms with van der Waals surface area (Å²) in [6.45, 7) is -0.101. The van der Waals surface area contributed by atoms with Gasteiger partial charge in [-0.2, -0.15) is 9.29 Å². The van der Waals surface area contributed by atoms with Crippen LogP contribution in [0.5, 0.6) is 5.88 Å². The summed E-state index contributed by atoms with van der Waals surface area (Å²) >= 11 is 0. The number of halogens is 4. The van der Waals surface area contributed by atoms with E-state index in [-0.39, 0.29) is 48.0 Å². The number of hydrogen-bond acceptors (Lipinski definition) is 8. The average Bonchev–Trinajstić information content (AvgIpc) is 3.34. The van der Waals surface area contributed by atoms with Crippen LogP contribution >= 0.6 is 0 Å². The Balaban J connectivity index is 1.75. The summed E-state index contributed by atoms with van der Waals surface area (Å²) in [6.07, 6.45) is -0.773. The fraction of sp³-hybridized carbons (Fsp3) is 0.455. The molecule has 0 unspecified atom stereocenters. The number of sulfonamides is 1. The summed E-state index contributed by atoms with van der Waals surface area (Å²) < 4.78 is 93.0. The van der Waals surface area contributed by atoms with Gasteiger partial charge in [-0.25, -0.2) is 35.2 Å². The van der Waals surface area contributed by atoms with Crippen LogP contribution in [0, 0.1) is 5.82 Å². The monoisotopic (exact) mass is 556 g/mol. The normalized spacial score (nSPS) is 19.3. The molecule has 1 saturated heterocycles. The molecule has 4 aromatic rings. The first-order chi connectivity index (χ1) is 17.8.